The third-order valence-electron chi connectivity index (χ3n) is 2.97. The highest BCUT2D eigenvalue weighted by atomic mass is 35.5. The number of aryl methyl sites for hydroxylation is 2. The fourth-order valence-corrected chi connectivity index (χ4v) is 2.24. The van der Waals surface area contributed by atoms with Crippen LogP contribution in [0, 0.1) is 0 Å². The lowest BCUT2D eigenvalue weighted by molar-refractivity contribution is -0.116. The average Bonchev–Trinajstić information content (AvgIpc) is 2.43. The summed E-state index contributed by atoms with van der Waals surface area (Å²) in [6.07, 6.45) is 1.70. The number of nitrogens with zero attached hydrogens (tertiary/aromatic N) is 1. The molecule has 0 aliphatic heterocycles. The number of hydrogen-bond donors (Lipinski definition) is 1. The molecule has 1 aromatic carbocycles. The lowest BCUT2D eigenvalue weighted by Gasteiger charge is -2.26. The van der Waals surface area contributed by atoms with Crippen molar-refractivity contribution in [2.75, 3.05) is 23.9 Å². The monoisotopic (exact) mass is 269 g/mol. The Morgan fingerprint density at radius 3 is 2.22 bits per heavy atom. The quantitative estimate of drug-likeness (QED) is 0.806. The summed E-state index contributed by atoms with van der Waals surface area (Å²) in [5.41, 5.74) is 3.14. The number of rotatable bonds is 6. The molecule has 0 bridgehead atoms. The molecule has 0 spiro atoms. The molecule has 1 amide bonds. The molecule has 1 aromatic rings. The number of aliphatic hydroxyl groups excluding tert-OH is 1. The van der Waals surface area contributed by atoms with Crippen LogP contribution < -0.4 is 4.90 Å². The maximum absolute atomic E-state index is 11.9. The smallest absolute Gasteiger partial charge is 0.242 e. The molecular formula is C14H20ClNO2. The highest BCUT2D eigenvalue weighted by Crippen LogP contribution is 2.27. The number of anilines is 1. The van der Waals surface area contributed by atoms with E-state index < -0.39 is 0 Å². The van der Waals surface area contributed by atoms with Gasteiger partial charge in [0, 0.05) is 6.54 Å². The van der Waals surface area contributed by atoms with Gasteiger partial charge in [-0.3, -0.25) is 4.79 Å². The average molecular weight is 270 g/mol. The summed E-state index contributed by atoms with van der Waals surface area (Å²) in [6.45, 7) is 4.33. The van der Waals surface area contributed by atoms with E-state index in [0.717, 1.165) is 29.7 Å². The first kappa shape index (κ1) is 15.0. The molecule has 0 saturated carbocycles. The standard InChI is InChI=1S/C14H20ClNO2/c1-3-11-6-5-7-12(4-2)14(11)16(8-9-17)13(18)10-15/h5-7,17H,3-4,8-10H2,1-2H3. The molecule has 100 valence electrons. The van der Waals surface area contributed by atoms with Crippen molar-refractivity contribution in [1.82, 2.24) is 0 Å². The SMILES string of the molecule is CCc1cccc(CC)c1N(CCO)C(=O)CCl. The third-order valence-corrected chi connectivity index (χ3v) is 3.20. The van der Waals surface area contributed by atoms with Gasteiger partial charge >= 0.3 is 0 Å². The largest absolute Gasteiger partial charge is 0.395 e. The maximum Gasteiger partial charge on any atom is 0.242 e. The number of hydrogen-bond acceptors (Lipinski definition) is 2. The fraction of sp³-hybridized carbons (Fsp3) is 0.500. The predicted octanol–water partition coefficient (Wildman–Crippen LogP) is 2.38. The Bertz CT molecular complexity index is 385. The molecule has 0 unspecified atom stereocenters. The van der Waals surface area contributed by atoms with Crippen LogP contribution >= 0.6 is 11.6 Å². The summed E-state index contributed by atoms with van der Waals surface area (Å²) in [7, 11) is 0. The second kappa shape index (κ2) is 7.39. The van der Waals surface area contributed by atoms with Crippen LogP contribution in [0.1, 0.15) is 25.0 Å². The van der Waals surface area contributed by atoms with Gasteiger partial charge in [-0.1, -0.05) is 32.0 Å². The van der Waals surface area contributed by atoms with Crippen LogP contribution in [0.4, 0.5) is 5.69 Å². The number of benzene rings is 1. The number of carbonyl (C=O) groups excluding carboxylic acids is 1. The van der Waals surface area contributed by atoms with Gasteiger partial charge in [0.05, 0.1) is 12.3 Å². The maximum atomic E-state index is 11.9. The number of alkyl halides is 1. The number of amides is 1. The zero-order valence-corrected chi connectivity index (χ0v) is 11.7. The number of carbonyl (C=O) groups is 1. The molecule has 0 heterocycles. The number of halogens is 1. The summed E-state index contributed by atoms with van der Waals surface area (Å²) < 4.78 is 0. The van der Waals surface area contributed by atoms with Crippen LogP contribution in [-0.2, 0) is 17.6 Å². The van der Waals surface area contributed by atoms with Crippen LogP contribution in [0.15, 0.2) is 18.2 Å². The Balaban J connectivity index is 3.28. The molecular weight excluding hydrogens is 250 g/mol. The highest BCUT2D eigenvalue weighted by molar-refractivity contribution is 6.29. The molecule has 0 aliphatic rings. The zero-order valence-electron chi connectivity index (χ0n) is 10.9. The molecule has 0 aromatic heterocycles. The Kier molecular flexibility index (Phi) is 6.16. The van der Waals surface area contributed by atoms with E-state index in [1.807, 2.05) is 18.2 Å². The van der Waals surface area contributed by atoms with E-state index in [1.165, 1.54) is 0 Å². The lowest BCUT2D eigenvalue weighted by atomic mass is 10.0. The van der Waals surface area contributed by atoms with E-state index in [1.54, 1.807) is 4.90 Å². The van der Waals surface area contributed by atoms with Gasteiger partial charge in [-0.2, -0.15) is 0 Å². The summed E-state index contributed by atoms with van der Waals surface area (Å²) in [4.78, 5) is 13.5. The molecule has 18 heavy (non-hydrogen) atoms. The van der Waals surface area contributed by atoms with Crippen molar-refractivity contribution in [3.05, 3.63) is 29.3 Å². The fourth-order valence-electron chi connectivity index (χ4n) is 2.10. The van der Waals surface area contributed by atoms with E-state index in [0.29, 0.717) is 0 Å². The van der Waals surface area contributed by atoms with Crippen molar-refractivity contribution in [3.63, 3.8) is 0 Å². The molecule has 0 atom stereocenters. The van der Waals surface area contributed by atoms with Crippen molar-refractivity contribution >= 4 is 23.2 Å². The van der Waals surface area contributed by atoms with Gasteiger partial charge in [0.25, 0.3) is 0 Å². The molecule has 1 N–H and O–H groups in total. The second-order valence-corrected chi connectivity index (χ2v) is 4.30. The Labute approximate surface area is 113 Å². The summed E-state index contributed by atoms with van der Waals surface area (Å²) in [6, 6.07) is 6.03. The lowest BCUT2D eigenvalue weighted by Crippen LogP contribution is -2.36. The van der Waals surface area contributed by atoms with Gasteiger partial charge < -0.3 is 10.0 Å². The summed E-state index contributed by atoms with van der Waals surface area (Å²) in [5.74, 6) is -0.234. The predicted molar refractivity (Wildman–Crippen MR) is 75.4 cm³/mol. The van der Waals surface area contributed by atoms with Crippen LogP contribution in [0.3, 0.4) is 0 Å². The van der Waals surface area contributed by atoms with Crippen molar-refractivity contribution in [2.45, 2.75) is 26.7 Å². The van der Waals surface area contributed by atoms with Gasteiger partial charge in [-0.25, -0.2) is 0 Å². The van der Waals surface area contributed by atoms with E-state index >= 15 is 0 Å². The van der Waals surface area contributed by atoms with Crippen molar-refractivity contribution in [3.8, 4) is 0 Å². The van der Waals surface area contributed by atoms with E-state index in [4.69, 9.17) is 16.7 Å². The van der Waals surface area contributed by atoms with Crippen molar-refractivity contribution in [1.29, 1.82) is 0 Å². The first-order valence-electron chi connectivity index (χ1n) is 6.27. The van der Waals surface area contributed by atoms with Gasteiger partial charge in [0.2, 0.25) is 5.91 Å². The highest BCUT2D eigenvalue weighted by Gasteiger charge is 2.19. The molecule has 0 saturated heterocycles. The Morgan fingerprint density at radius 2 is 1.83 bits per heavy atom. The Morgan fingerprint density at radius 1 is 1.28 bits per heavy atom. The van der Waals surface area contributed by atoms with Gasteiger partial charge in [0.15, 0.2) is 0 Å². The topological polar surface area (TPSA) is 40.5 Å². The van der Waals surface area contributed by atoms with E-state index in [9.17, 15) is 4.79 Å². The minimum absolute atomic E-state index is 0.0656. The number of para-hydroxylation sites is 1. The first-order valence-corrected chi connectivity index (χ1v) is 6.80. The van der Waals surface area contributed by atoms with E-state index in [2.05, 4.69) is 13.8 Å². The first-order chi connectivity index (χ1) is 8.69. The van der Waals surface area contributed by atoms with Gasteiger partial charge in [-0.15, -0.1) is 11.6 Å². The van der Waals surface area contributed by atoms with Crippen LogP contribution in [0.2, 0.25) is 0 Å². The second-order valence-electron chi connectivity index (χ2n) is 4.03. The van der Waals surface area contributed by atoms with Gasteiger partial charge in [0.1, 0.15) is 5.88 Å². The zero-order chi connectivity index (χ0) is 13.5. The van der Waals surface area contributed by atoms with Crippen molar-refractivity contribution in [2.24, 2.45) is 0 Å². The summed E-state index contributed by atoms with van der Waals surface area (Å²) in [5, 5.41) is 9.13. The molecule has 1 rings (SSSR count). The molecule has 0 fully saturated rings. The Hall–Kier alpha value is -1.06. The minimum atomic E-state index is -0.165. The van der Waals surface area contributed by atoms with Crippen LogP contribution in [0.25, 0.3) is 0 Å². The minimum Gasteiger partial charge on any atom is -0.395 e. The number of aliphatic hydroxyl groups is 1. The third kappa shape index (κ3) is 3.24. The molecule has 0 aliphatic carbocycles. The van der Waals surface area contributed by atoms with Crippen molar-refractivity contribution < 1.29 is 9.90 Å². The van der Waals surface area contributed by atoms with Gasteiger partial charge in [-0.05, 0) is 24.0 Å². The normalized spacial score (nSPS) is 10.4. The van der Waals surface area contributed by atoms with E-state index in [-0.39, 0.29) is 24.9 Å². The van der Waals surface area contributed by atoms with Crippen LogP contribution in [0.5, 0.6) is 0 Å². The molecule has 3 nitrogen and oxygen atoms in total. The molecule has 0 radical (unpaired) electrons. The molecule has 4 heteroatoms. The summed E-state index contributed by atoms with van der Waals surface area (Å²) >= 11 is 5.65. The van der Waals surface area contributed by atoms with Crippen LogP contribution in [-0.4, -0.2) is 30.0 Å².